The van der Waals surface area contributed by atoms with E-state index in [2.05, 4.69) is 55.2 Å². The third-order valence-corrected chi connectivity index (χ3v) is 12.4. The van der Waals surface area contributed by atoms with Crippen molar-refractivity contribution in [2.75, 3.05) is 18.9 Å². The molecule has 0 heterocycles. The number of aliphatic hydroxyl groups excluding tert-OH is 1. The van der Waals surface area contributed by atoms with E-state index in [1.807, 2.05) is 13.8 Å². The Labute approximate surface area is 432 Å². The Hall–Kier alpha value is -6.18. The number of carboxylic acid groups (broad SMARTS) is 1. The molecule has 1 aromatic rings. The van der Waals surface area contributed by atoms with Crippen LogP contribution in [0.25, 0.3) is 0 Å². The summed E-state index contributed by atoms with van der Waals surface area (Å²) in [5.74, 6) is -10.8. The van der Waals surface area contributed by atoms with Gasteiger partial charge in [-0.1, -0.05) is 84.7 Å². The number of thiol groups is 1. The van der Waals surface area contributed by atoms with Crippen molar-refractivity contribution in [3.8, 4) is 0 Å². The number of hydrogen-bond acceptors (Lipinski definition) is 15. The highest BCUT2D eigenvalue weighted by atomic mass is 32.1. The van der Waals surface area contributed by atoms with Crippen molar-refractivity contribution in [3.63, 3.8) is 0 Å². The van der Waals surface area contributed by atoms with Crippen molar-refractivity contribution in [2.24, 2.45) is 35.0 Å². The summed E-state index contributed by atoms with van der Waals surface area (Å²) >= 11 is 3.96. The van der Waals surface area contributed by atoms with Gasteiger partial charge in [0.2, 0.25) is 53.2 Å². The number of nitrogens with one attached hydrogen (secondary N) is 8. The van der Waals surface area contributed by atoms with Gasteiger partial charge in [-0.25, -0.2) is 0 Å². The molecule has 0 bridgehead atoms. The summed E-state index contributed by atoms with van der Waals surface area (Å²) in [4.78, 5) is 146. The SMILES string of the molecule is CC[C@H](C)[C@H](NC(=O)[C@H](CO)NC(=O)[C@@H](N)CS)C(=O)N[C@H](C(=O)NC(CC(N)=O)C(=O)N[C@@H](Cc1ccccc1)C(=O)NC(CCC(=O)O)C(=O)N[C@@H](CCCCN)C(=O)N[C@H](C=O)CC(C)C)[C@@H](C)CC. The summed E-state index contributed by atoms with van der Waals surface area (Å²) in [6, 6.07) is -4.03. The van der Waals surface area contributed by atoms with Crippen LogP contribution in [0, 0.1) is 17.8 Å². The topological polar surface area (TPSA) is 403 Å². The number of carbonyl (C=O) groups excluding carboxylic acids is 10. The van der Waals surface area contributed by atoms with E-state index in [1.54, 1.807) is 58.0 Å². The third kappa shape index (κ3) is 23.9. The minimum atomic E-state index is -1.76. The summed E-state index contributed by atoms with van der Waals surface area (Å²) in [6.45, 7) is 9.86. The number of carboxylic acids is 1. The Kier molecular flexibility index (Phi) is 30.4. The number of aliphatic carboxylic acids is 1. The largest absolute Gasteiger partial charge is 0.481 e. The lowest BCUT2D eigenvalue weighted by atomic mass is 9.94. The minimum absolute atomic E-state index is 0.0354. The predicted molar refractivity (Wildman–Crippen MR) is 273 cm³/mol. The Bertz CT molecular complexity index is 2000. The molecule has 2 unspecified atom stereocenters. The van der Waals surface area contributed by atoms with Crippen LogP contribution in [0.2, 0.25) is 0 Å². The van der Waals surface area contributed by atoms with Crippen LogP contribution in [0.1, 0.15) is 105 Å². The molecule has 0 fully saturated rings. The summed E-state index contributed by atoms with van der Waals surface area (Å²) in [6.07, 6.45) is 0.370. The molecule has 0 saturated heterocycles. The van der Waals surface area contributed by atoms with Crippen molar-refractivity contribution in [2.45, 2.75) is 160 Å². The van der Waals surface area contributed by atoms with Gasteiger partial charge in [-0.05, 0) is 62.0 Å². The summed E-state index contributed by atoms with van der Waals surface area (Å²) in [7, 11) is 0. The van der Waals surface area contributed by atoms with Crippen LogP contribution in [0.5, 0.6) is 0 Å². The van der Waals surface area contributed by atoms with Gasteiger partial charge in [0.25, 0.3) is 0 Å². The molecule has 24 nitrogen and oxygen atoms in total. The molecule has 1 rings (SSSR count). The van der Waals surface area contributed by atoms with E-state index in [-0.39, 0.29) is 31.1 Å². The van der Waals surface area contributed by atoms with Crippen LogP contribution in [0.4, 0.5) is 0 Å². The Balaban J connectivity index is 3.59. The molecular weight excluding hydrogens is 971 g/mol. The second kappa shape index (κ2) is 34.3. The fourth-order valence-corrected chi connectivity index (χ4v) is 7.41. The second-order valence-corrected chi connectivity index (χ2v) is 18.8. The number of aldehydes is 1. The molecule has 0 saturated carbocycles. The molecule has 25 heteroatoms. The van der Waals surface area contributed by atoms with Crippen molar-refractivity contribution < 1.29 is 63.0 Å². The van der Waals surface area contributed by atoms with Gasteiger partial charge in [-0.2, -0.15) is 12.6 Å². The van der Waals surface area contributed by atoms with Gasteiger partial charge in [0.1, 0.15) is 48.6 Å². The number of rotatable bonds is 36. The van der Waals surface area contributed by atoms with E-state index in [4.69, 9.17) is 17.2 Å². The molecule has 0 aromatic heterocycles. The van der Waals surface area contributed by atoms with Crippen LogP contribution in [-0.4, -0.2) is 149 Å². The van der Waals surface area contributed by atoms with Gasteiger partial charge >= 0.3 is 5.97 Å². The summed E-state index contributed by atoms with van der Waals surface area (Å²) in [5.41, 5.74) is 17.4. The molecule has 0 spiro atoms. The van der Waals surface area contributed by atoms with E-state index in [9.17, 15) is 63.0 Å². The maximum atomic E-state index is 14.3. The number of hydrogen-bond donors (Lipinski definition) is 14. The zero-order valence-corrected chi connectivity index (χ0v) is 43.5. The second-order valence-electron chi connectivity index (χ2n) is 18.5. The number of benzene rings is 1. The third-order valence-electron chi connectivity index (χ3n) is 12.0. The number of nitrogens with two attached hydrogens (primary N) is 3. The molecule has 1 aromatic carbocycles. The molecule has 9 amide bonds. The van der Waals surface area contributed by atoms with Crippen LogP contribution in [0.3, 0.4) is 0 Å². The van der Waals surface area contributed by atoms with Gasteiger partial charge in [0, 0.05) is 18.6 Å². The van der Waals surface area contributed by atoms with Gasteiger partial charge in [-0.3, -0.25) is 47.9 Å². The maximum Gasteiger partial charge on any atom is 0.303 e. The number of carbonyl (C=O) groups is 11. The van der Waals surface area contributed by atoms with Crippen LogP contribution >= 0.6 is 12.6 Å². The van der Waals surface area contributed by atoms with Crippen LogP contribution in [0.15, 0.2) is 30.3 Å². The standard InChI is InChI=1S/C48H79N11O13S/c1-7-27(5)39(59-48(72)40(28(6)8-2)58-46(70)36(24-61)57-41(65)31(50)25-73)47(71)56-35(22-37(51)62)45(69)55-34(21-29-14-10-9-11-15-29)44(68)54-33(17-18-38(63)64)43(67)53-32(16-12-13-19-49)42(66)52-30(23-60)20-26(3)4/h9-11,14-15,23,26-28,30-36,39-40,61,73H,7-8,12-13,16-22,24-25,49-50H2,1-6H3,(H2,51,62)(H,52,66)(H,53,67)(H,54,68)(H,55,69)(H,56,71)(H,57,65)(H,58,70)(H,59,72)(H,63,64)/t27-,28-,30-,31-,32-,33?,34-,35?,36-,39-,40-/m0/s1. The first-order valence-corrected chi connectivity index (χ1v) is 25.2. The van der Waals surface area contributed by atoms with E-state index >= 15 is 0 Å². The number of primary amides is 1. The Morgan fingerprint density at radius 2 is 1.10 bits per heavy atom. The molecule has 11 atom stereocenters. The van der Waals surface area contributed by atoms with Crippen LogP contribution in [-0.2, 0) is 59.2 Å². The molecule has 0 aliphatic heterocycles. The fraction of sp³-hybridized carbons (Fsp3) is 0.646. The zero-order chi connectivity index (χ0) is 55.4. The average molecular weight is 1050 g/mol. The van der Waals surface area contributed by atoms with E-state index in [0.717, 1.165) is 0 Å². The van der Waals surface area contributed by atoms with Gasteiger partial charge in [0.15, 0.2) is 0 Å². The quantitative estimate of drug-likeness (QED) is 0.0189. The monoisotopic (exact) mass is 1050 g/mol. The number of amides is 9. The fourth-order valence-electron chi connectivity index (χ4n) is 7.24. The highest BCUT2D eigenvalue weighted by molar-refractivity contribution is 7.80. The van der Waals surface area contributed by atoms with E-state index < -0.39 is 151 Å². The highest BCUT2D eigenvalue weighted by Gasteiger charge is 2.37. The van der Waals surface area contributed by atoms with Crippen LogP contribution < -0.4 is 59.7 Å². The molecule has 16 N–H and O–H groups in total. The lowest BCUT2D eigenvalue weighted by molar-refractivity contribution is -0.139. The maximum absolute atomic E-state index is 14.3. The lowest BCUT2D eigenvalue weighted by Crippen LogP contribution is -2.62. The van der Waals surface area contributed by atoms with Gasteiger partial charge in [-0.15, -0.1) is 0 Å². The molecule has 0 aliphatic carbocycles. The predicted octanol–water partition coefficient (Wildman–Crippen LogP) is -2.44. The highest BCUT2D eigenvalue weighted by Crippen LogP contribution is 2.15. The normalized spacial score (nSPS) is 15.7. The summed E-state index contributed by atoms with van der Waals surface area (Å²) < 4.78 is 0. The first kappa shape index (κ1) is 64.8. The Morgan fingerprint density at radius 3 is 1.59 bits per heavy atom. The molecule has 0 radical (unpaired) electrons. The van der Waals surface area contributed by atoms with Crippen molar-refractivity contribution in [1.82, 2.24) is 42.5 Å². The molecule has 0 aliphatic rings. The Morgan fingerprint density at radius 1 is 0.630 bits per heavy atom. The lowest BCUT2D eigenvalue weighted by Gasteiger charge is -2.31. The first-order valence-electron chi connectivity index (χ1n) is 24.6. The van der Waals surface area contributed by atoms with Crippen molar-refractivity contribution in [1.29, 1.82) is 0 Å². The summed E-state index contributed by atoms with van der Waals surface area (Å²) in [5, 5.41) is 39.6. The number of aliphatic hydroxyl groups is 1. The smallest absolute Gasteiger partial charge is 0.303 e. The van der Waals surface area contributed by atoms with Crippen molar-refractivity contribution >= 4 is 78.0 Å². The molecular formula is C48H79N11O13S. The van der Waals surface area contributed by atoms with Gasteiger partial charge < -0.3 is 74.7 Å². The average Bonchev–Trinajstić information content (AvgIpc) is 3.35. The minimum Gasteiger partial charge on any atom is -0.481 e. The van der Waals surface area contributed by atoms with E-state index in [1.165, 1.54) is 0 Å². The zero-order valence-electron chi connectivity index (χ0n) is 42.6. The number of unbranched alkanes of at least 4 members (excludes halogenated alkanes) is 1. The molecule has 410 valence electrons. The van der Waals surface area contributed by atoms with Gasteiger partial charge in [0.05, 0.1) is 25.1 Å². The van der Waals surface area contributed by atoms with E-state index in [0.29, 0.717) is 44.0 Å². The first-order chi connectivity index (χ1) is 34.5. The molecule has 73 heavy (non-hydrogen) atoms. The van der Waals surface area contributed by atoms with Crippen molar-refractivity contribution in [3.05, 3.63) is 35.9 Å².